The zero-order valence-corrected chi connectivity index (χ0v) is 22.9. The minimum absolute atomic E-state index is 0.329. The molecule has 0 saturated heterocycles. The molecule has 0 saturated carbocycles. The molecule has 0 N–H and O–H groups in total. The molecular weight excluding hydrogens is 432 g/mol. The number of carbonyl (C=O) groups is 2. The summed E-state index contributed by atoms with van der Waals surface area (Å²) in [7, 11) is -1.59. The van der Waals surface area contributed by atoms with E-state index in [9.17, 15) is 9.59 Å². The summed E-state index contributed by atoms with van der Waals surface area (Å²) < 4.78 is 6.01. The van der Waals surface area contributed by atoms with Crippen molar-refractivity contribution in [1.29, 1.82) is 0 Å². The molecule has 0 amide bonds. The Hall–Kier alpha value is -1.56. The second kappa shape index (κ2) is 17.0. The quantitative estimate of drug-likeness (QED) is 0.0942. The normalized spacial score (nSPS) is 12.5. The van der Waals surface area contributed by atoms with Crippen molar-refractivity contribution in [2.75, 3.05) is 0 Å². The molecule has 1 aromatic rings. The Bertz CT molecular complexity index is 657. The van der Waals surface area contributed by atoms with Crippen molar-refractivity contribution in [2.24, 2.45) is 5.92 Å². The molecule has 1 unspecified atom stereocenters. The molecule has 33 heavy (non-hydrogen) atoms. The Balaban J connectivity index is 2.58. The van der Waals surface area contributed by atoms with E-state index in [0.717, 1.165) is 48.3 Å². The predicted octanol–water partition coefficient (Wildman–Crippen LogP) is 7.49. The van der Waals surface area contributed by atoms with Gasteiger partial charge in [0, 0.05) is 6.92 Å². The summed E-state index contributed by atoms with van der Waals surface area (Å²) in [5, 5.41) is 1.14. The second-order valence-electron chi connectivity index (χ2n) is 9.51. The van der Waals surface area contributed by atoms with Crippen LogP contribution in [0.1, 0.15) is 111 Å². The van der Waals surface area contributed by atoms with Gasteiger partial charge in [-0.2, -0.15) is 0 Å². The van der Waals surface area contributed by atoms with Crippen molar-refractivity contribution in [1.82, 2.24) is 0 Å². The number of hydrogen-bond donors (Lipinski definition) is 0. The van der Waals surface area contributed by atoms with Gasteiger partial charge in [-0.05, 0) is 24.5 Å². The van der Waals surface area contributed by atoms with Gasteiger partial charge in [0.15, 0.2) is 0 Å². The van der Waals surface area contributed by atoms with Gasteiger partial charge in [0.1, 0.15) is 8.07 Å². The van der Waals surface area contributed by atoms with Gasteiger partial charge >= 0.3 is 11.9 Å². The van der Waals surface area contributed by atoms with Gasteiger partial charge in [0.05, 0.1) is 17.6 Å². The zero-order chi connectivity index (χ0) is 24.5. The Morgan fingerprint density at radius 2 is 1.39 bits per heavy atom. The van der Waals surface area contributed by atoms with E-state index in [2.05, 4.69) is 38.6 Å². The molecule has 1 heterocycles. The molecule has 1 rings (SSSR count). The van der Waals surface area contributed by atoms with E-state index in [1.807, 2.05) is 6.26 Å². The maximum atomic E-state index is 12.6. The third-order valence-corrected chi connectivity index (χ3v) is 12.5. The number of rotatable bonds is 18. The SMILES string of the molecule is CCCCCCCCCCCCC(Cc1coc([Si](CC)(CC)CC)c1)C(=O)OOC(C)=O. The summed E-state index contributed by atoms with van der Waals surface area (Å²) in [6.07, 6.45) is 15.6. The maximum absolute atomic E-state index is 12.6. The molecule has 0 bridgehead atoms. The molecule has 0 radical (unpaired) electrons. The van der Waals surface area contributed by atoms with Crippen LogP contribution in [0.3, 0.4) is 0 Å². The topological polar surface area (TPSA) is 65.7 Å². The molecule has 1 atom stereocenters. The van der Waals surface area contributed by atoms with Crippen LogP contribution >= 0.6 is 0 Å². The lowest BCUT2D eigenvalue weighted by Crippen LogP contribution is -2.44. The maximum Gasteiger partial charge on any atom is 0.358 e. The fraction of sp³-hybridized carbons (Fsp3) is 0.778. The molecule has 6 heteroatoms. The van der Waals surface area contributed by atoms with Crippen molar-refractivity contribution >= 4 is 25.4 Å². The average molecular weight is 481 g/mol. The lowest BCUT2D eigenvalue weighted by atomic mass is 9.94. The van der Waals surface area contributed by atoms with E-state index in [-0.39, 0.29) is 5.92 Å². The van der Waals surface area contributed by atoms with Crippen LogP contribution in [0.25, 0.3) is 0 Å². The number of unbranched alkanes of at least 4 members (excludes halogenated alkanes) is 9. The van der Waals surface area contributed by atoms with Gasteiger partial charge in [0.25, 0.3) is 0 Å². The van der Waals surface area contributed by atoms with Gasteiger partial charge in [-0.25, -0.2) is 19.4 Å². The Labute approximate surface area is 202 Å². The van der Waals surface area contributed by atoms with Gasteiger partial charge in [-0.3, -0.25) is 0 Å². The Kier molecular flexibility index (Phi) is 15.1. The standard InChI is InChI=1S/C27H48O5Si/c1-6-10-11-12-13-14-15-16-17-18-19-25(27(29)32-31-23(5)28)20-24-21-26(30-22-24)33(7-2,8-3)9-4/h21-22,25H,6-20H2,1-5H3. The van der Waals surface area contributed by atoms with Crippen LogP contribution in [0.15, 0.2) is 16.7 Å². The Morgan fingerprint density at radius 3 is 1.91 bits per heavy atom. The van der Waals surface area contributed by atoms with Crippen molar-refractivity contribution < 1.29 is 23.8 Å². The highest BCUT2D eigenvalue weighted by molar-refractivity contribution is 6.90. The summed E-state index contributed by atoms with van der Waals surface area (Å²) in [6.45, 7) is 10.2. The van der Waals surface area contributed by atoms with Crippen LogP contribution in [-0.2, 0) is 25.8 Å². The highest BCUT2D eigenvalue weighted by atomic mass is 28.3. The van der Waals surface area contributed by atoms with Crippen LogP contribution in [0.2, 0.25) is 18.1 Å². The summed E-state index contributed by atoms with van der Waals surface area (Å²) in [5.74, 6) is -1.41. The number of furan rings is 1. The monoisotopic (exact) mass is 480 g/mol. The second-order valence-corrected chi connectivity index (χ2v) is 14.7. The molecule has 0 aliphatic rings. The summed E-state index contributed by atoms with van der Waals surface area (Å²) in [5.41, 5.74) is 1.04. The number of carbonyl (C=O) groups excluding carboxylic acids is 2. The first-order chi connectivity index (χ1) is 15.9. The summed E-state index contributed by atoms with van der Waals surface area (Å²) in [4.78, 5) is 33.0. The third-order valence-electron chi connectivity index (χ3n) is 7.17. The molecular formula is C27H48O5Si. The van der Waals surface area contributed by atoms with E-state index in [1.54, 1.807) is 0 Å². The minimum atomic E-state index is -1.59. The molecule has 0 spiro atoms. The van der Waals surface area contributed by atoms with Crippen molar-refractivity contribution in [3.8, 4) is 0 Å². The number of hydrogen-bond acceptors (Lipinski definition) is 5. The summed E-state index contributed by atoms with van der Waals surface area (Å²) >= 11 is 0. The molecule has 0 aliphatic carbocycles. The highest BCUT2D eigenvalue weighted by Gasteiger charge is 2.33. The first kappa shape index (κ1) is 29.5. The van der Waals surface area contributed by atoms with Crippen LogP contribution in [0, 0.1) is 5.92 Å². The average Bonchev–Trinajstić information content (AvgIpc) is 3.28. The predicted molar refractivity (Wildman–Crippen MR) is 137 cm³/mol. The zero-order valence-electron chi connectivity index (χ0n) is 21.9. The van der Waals surface area contributed by atoms with Crippen LogP contribution in [-0.4, -0.2) is 20.0 Å². The van der Waals surface area contributed by atoms with Crippen LogP contribution < -0.4 is 5.38 Å². The molecule has 0 aromatic carbocycles. The van der Waals surface area contributed by atoms with Gasteiger partial charge in [-0.15, -0.1) is 0 Å². The Morgan fingerprint density at radius 1 is 0.848 bits per heavy atom. The summed E-state index contributed by atoms with van der Waals surface area (Å²) in [6, 6.07) is 5.63. The lowest BCUT2D eigenvalue weighted by Gasteiger charge is -2.24. The molecule has 190 valence electrons. The van der Waals surface area contributed by atoms with E-state index in [4.69, 9.17) is 9.30 Å². The van der Waals surface area contributed by atoms with Crippen molar-refractivity contribution in [3.63, 3.8) is 0 Å². The fourth-order valence-corrected chi connectivity index (χ4v) is 8.01. The van der Waals surface area contributed by atoms with Gasteiger partial charge in [0.2, 0.25) is 0 Å². The fourth-order valence-electron chi connectivity index (χ4n) is 4.67. The van der Waals surface area contributed by atoms with Crippen LogP contribution in [0.4, 0.5) is 0 Å². The molecule has 0 aliphatic heterocycles. The van der Waals surface area contributed by atoms with Crippen LogP contribution in [0.5, 0.6) is 0 Å². The highest BCUT2D eigenvalue weighted by Crippen LogP contribution is 2.24. The van der Waals surface area contributed by atoms with Gasteiger partial charge < -0.3 is 4.42 Å². The van der Waals surface area contributed by atoms with Crippen molar-refractivity contribution in [2.45, 2.75) is 130 Å². The lowest BCUT2D eigenvalue weighted by molar-refractivity contribution is -0.260. The van der Waals surface area contributed by atoms with E-state index < -0.39 is 20.0 Å². The largest absolute Gasteiger partial charge is 0.474 e. The van der Waals surface area contributed by atoms with E-state index in [1.165, 1.54) is 58.3 Å². The minimum Gasteiger partial charge on any atom is -0.474 e. The third kappa shape index (κ3) is 10.9. The van der Waals surface area contributed by atoms with Gasteiger partial charge in [-0.1, -0.05) is 110 Å². The molecule has 5 nitrogen and oxygen atoms in total. The first-order valence-electron chi connectivity index (χ1n) is 13.4. The molecule has 1 aromatic heterocycles. The van der Waals surface area contributed by atoms with E-state index in [0.29, 0.717) is 6.42 Å². The van der Waals surface area contributed by atoms with Crippen molar-refractivity contribution in [3.05, 3.63) is 17.9 Å². The smallest absolute Gasteiger partial charge is 0.358 e. The van der Waals surface area contributed by atoms with E-state index >= 15 is 0 Å². The first-order valence-corrected chi connectivity index (χ1v) is 16.0. The molecule has 0 fully saturated rings.